The summed E-state index contributed by atoms with van der Waals surface area (Å²) >= 11 is 0. The second kappa shape index (κ2) is 5.41. The minimum absolute atomic E-state index is 0.183. The van der Waals surface area contributed by atoms with E-state index in [9.17, 15) is 19.7 Å². The maximum absolute atomic E-state index is 11.1. The third kappa shape index (κ3) is 2.71. The topological polar surface area (TPSA) is 118 Å². The van der Waals surface area contributed by atoms with E-state index >= 15 is 0 Å². The van der Waals surface area contributed by atoms with Crippen LogP contribution in [0.15, 0.2) is 42.5 Å². The van der Waals surface area contributed by atoms with Gasteiger partial charge < -0.3 is 10.2 Å². The maximum atomic E-state index is 11.1. The molecule has 0 aliphatic carbocycles. The van der Waals surface area contributed by atoms with Crippen LogP contribution in [0.2, 0.25) is 0 Å². The van der Waals surface area contributed by atoms with Gasteiger partial charge in [0.05, 0.1) is 21.6 Å². The van der Waals surface area contributed by atoms with E-state index in [4.69, 9.17) is 10.2 Å². The molecule has 0 saturated heterocycles. The highest BCUT2D eigenvalue weighted by Gasteiger charge is 2.20. The van der Waals surface area contributed by atoms with Crippen molar-refractivity contribution in [2.24, 2.45) is 0 Å². The van der Waals surface area contributed by atoms with Crippen molar-refractivity contribution in [2.75, 3.05) is 0 Å². The quantitative estimate of drug-likeness (QED) is 0.659. The van der Waals surface area contributed by atoms with Crippen LogP contribution in [0.5, 0.6) is 0 Å². The predicted octanol–water partition coefficient (Wildman–Crippen LogP) is 2.66. The molecular weight excluding hydrogens is 278 g/mol. The lowest BCUT2D eigenvalue weighted by atomic mass is 9.98. The fraction of sp³-hybridized carbons (Fsp3) is 0. The summed E-state index contributed by atoms with van der Waals surface area (Å²) in [5.41, 5.74) is -0.480. The number of hydrogen-bond donors (Lipinski definition) is 2. The second-order valence-electron chi connectivity index (χ2n) is 4.14. The lowest BCUT2D eigenvalue weighted by molar-refractivity contribution is -0.384. The van der Waals surface area contributed by atoms with Gasteiger partial charge in [0.15, 0.2) is 0 Å². The van der Waals surface area contributed by atoms with Crippen LogP contribution >= 0.6 is 0 Å². The maximum Gasteiger partial charge on any atom is 0.336 e. The molecule has 106 valence electrons. The van der Waals surface area contributed by atoms with Gasteiger partial charge in [-0.1, -0.05) is 18.2 Å². The average Bonchev–Trinajstić information content (AvgIpc) is 2.46. The summed E-state index contributed by atoms with van der Waals surface area (Å²) in [6.07, 6.45) is 0. The SMILES string of the molecule is O=C(O)c1ccc(-c2ccccc2[N+](=O)[O-])cc1C(=O)O. The summed E-state index contributed by atoms with van der Waals surface area (Å²) in [5.74, 6) is -2.78. The van der Waals surface area contributed by atoms with Crippen molar-refractivity contribution >= 4 is 17.6 Å². The minimum Gasteiger partial charge on any atom is -0.478 e. The Hall–Kier alpha value is -3.22. The fourth-order valence-corrected chi connectivity index (χ4v) is 1.95. The summed E-state index contributed by atoms with van der Waals surface area (Å²) in [5, 5.41) is 29.0. The number of benzene rings is 2. The van der Waals surface area contributed by atoms with E-state index in [0.717, 1.165) is 12.1 Å². The van der Waals surface area contributed by atoms with Crippen molar-refractivity contribution < 1.29 is 24.7 Å². The smallest absolute Gasteiger partial charge is 0.336 e. The second-order valence-corrected chi connectivity index (χ2v) is 4.14. The Balaban J connectivity index is 2.67. The monoisotopic (exact) mass is 287 g/mol. The first kappa shape index (κ1) is 14.2. The van der Waals surface area contributed by atoms with Crippen LogP contribution in [0, 0.1) is 10.1 Å². The third-order valence-electron chi connectivity index (χ3n) is 2.89. The Kier molecular flexibility index (Phi) is 3.66. The number of nitro groups is 1. The number of hydrogen-bond acceptors (Lipinski definition) is 4. The van der Waals surface area contributed by atoms with Gasteiger partial charge in [0.2, 0.25) is 0 Å². The molecule has 0 bridgehead atoms. The Morgan fingerprint density at radius 2 is 1.57 bits per heavy atom. The molecule has 0 aromatic heterocycles. The zero-order chi connectivity index (χ0) is 15.6. The number of nitrogens with zero attached hydrogens (tertiary/aromatic N) is 1. The van der Waals surface area contributed by atoms with Gasteiger partial charge in [-0.15, -0.1) is 0 Å². The summed E-state index contributed by atoms with van der Waals surface area (Å²) in [6, 6.07) is 9.42. The number of carboxylic acids is 2. The summed E-state index contributed by atoms with van der Waals surface area (Å²) in [4.78, 5) is 32.5. The van der Waals surface area contributed by atoms with E-state index < -0.39 is 22.4 Å². The Morgan fingerprint density at radius 1 is 0.952 bits per heavy atom. The van der Waals surface area contributed by atoms with Crippen LogP contribution in [0.3, 0.4) is 0 Å². The zero-order valence-corrected chi connectivity index (χ0v) is 10.5. The molecule has 0 fully saturated rings. The van der Waals surface area contributed by atoms with E-state index in [1.54, 1.807) is 6.07 Å². The highest BCUT2D eigenvalue weighted by Crippen LogP contribution is 2.30. The highest BCUT2D eigenvalue weighted by atomic mass is 16.6. The molecule has 0 unspecified atom stereocenters. The first-order valence-electron chi connectivity index (χ1n) is 5.76. The number of nitro benzene ring substituents is 1. The molecule has 0 atom stereocenters. The van der Waals surface area contributed by atoms with Crippen LogP contribution in [0.4, 0.5) is 5.69 Å². The van der Waals surface area contributed by atoms with Crippen molar-refractivity contribution in [1.82, 2.24) is 0 Å². The lowest BCUT2D eigenvalue weighted by Crippen LogP contribution is -2.08. The molecule has 2 aromatic rings. The van der Waals surface area contributed by atoms with Crippen molar-refractivity contribution in [3.8, 4) is 11.1 Å². The molecule has 0 radical (unpaired) electrons. The lowest BCUT2D eigenvalue weighted by Gasteiger charge is -2.06. The number of carbonyl (C=O) groups is 2. The van der Waals surface area contributed by atoms with Gasteiger partial charge in [-0.05, 0) is 23.8 Å². The van der Waals surface area contributed by atoms with E-state index in [-0.39, 0.29) is 22.4 Å². The van der Waals surface area contributed by atoms with Gasteiger partial charge in [0.1, 0.15) is 0 Å². The third-order valence-corrected chi connectivity index (χ3v) is 2.89. The van der Waals surface area contributed by atoms with Gasteiger partial charge in [-0.25, -0.2) is 9.59 Å². The Morgan fingerprint density at radius 3 is 2.14 bits per heavy atom. The molecule has 0 aliphatic heterocycles. The van der Waals surface area contributed by atoms with Crippen LogP contribution in [-0.4, -0.2) is 27.1 Å². The molecule has 2 aromatic carbocycles. The summed E-state index contributed by atoms with van der Waals surface area (Å²) in [6.45, 7) is 0. The fourth-order valence-electron chi connectivity index (χ4n) is 1.95. The van der Waals surface area contributed by atoms with Crippen molar-refractivity contribution in [1.29, 1.82) is 0 Å². The van der Waals surface area contributed by atoms with Crippen LogP contribution in [-0.2, 0) is 0 Å². The number of aromatic carboxylic acids is 2. The Bertz CT molecular complexity index is 753. The molecule has 7 nitrogen and oxygen atoms in total. The standard InChI is InChI=1S/C14H9NO6/c16-13(17)10-6-5-8(7-11(10)14(18)19)9-3-1-2-4-12(9)15(20)21/h1-7H,(H,16,17)(H,18,19). The van der Waals surface area contributed by atoms with Crippen LogP contribution < -0.4 is 0 Å². The average molecular weight is 287 g/mol. The molecule has 2 N–H and O–H groups in total. The zero-order valence-electron chi connectivity index (χ0n) is 10.5. The summed E-state index contributed by atoms with van der Waals surface area (Å²) in [7, 11) is 0. The van der Waals surface area contributed by atoms with Crippen LogP contribution in [0.1, 0.15) is 20.7 Å². The van der Waals surface area contributed by atoms with Crippen molar-refractivity contribution in [3.05, 3.63) is 63.7 Å². The molecule has 7 heteroatoms. The number of para-hydroxylation sites is 1. The number of carboxylic acid groups (broad SMARTS) is 2. The van der Waals surface area contributed by atoms with Gasteiger partial charge in [0.25, 0.3) is 5.69 Å². The van der Waals surface area contributed by atoms with Gasteiger partial charge in [0, 0.05) is 6.07 Å². The molecule has 2 rings (SSSR count). The molecule has 0 saturated carbocycles. The first-order valence-corrected chi connectivity index (χ1v) is 5.76. The minimum atomic E-state index is -1.41. The molecule has 0 heterocycles. The van der Waals surface area contributed by atoms with Crippen molar-refractivity contribution in [2.45, 2.75) is 0 Å². The van der Waals surface area contributed by atoms with E-state index in [2.05, 4.69) is 0 Å². The van der Waals surface area contributed by atoms with Gasteiger partial charge in [-0.2, -0.15) is 0 Å². The van der Waals surface area contributed by atoms with Gasteiger partial charge in [-0.3, -0.25) is 10.1 Å². The van der Waals surface area contributed by atoms with E-state index in [1.165, 1.54) is 24.3 Å². The molecule has 0 amide bonds. The first-order chi connectivity index (χ1) is 9.91. The Labute approximate surface area is 118 Å². The molecule has 0 spiro atoms. The van der Waals surface area contributed by atoms with E-state index in [1.807, 2.05) is 0 Å². The van der Waals surface area contributed by atoms with Crippen LogP contribution in [0.25, 0.3) is 11.1 Å². The summed E-state index contributed by atoms with van der Waals surface area (Å²) < 4.78 is 0. The highest BCUT2D eigenvalue weighted by molar-refractivity contribution is 6.02. The molecule has 0 aliphatic rings. The predicted molar refractivity (Wildman–Crippen MR) is 72.5 cm³/mol. The molecule has 21 heavy (non-hydrogen) atoms. The van der Waals surface area contributed by atoms with E-state index in [0.29, 0.717) is 0 Å². The number of rotatable bonds is 4. The van der Waals surface area contributed by atoms with Crippen molar-refractivity contribution in [3.63, 3.8) is 0 Å². The largest absolute Gasteiger partial charge is 0.478 e. The molecular formula is C14H9NO6. The normalized spacial score (nSPS) is 10.1. The van der Waals surface area contributed by atoms with Gasteiger partial charge >= 0.3 is 11.9 Å².